The number of aliphatic hydroxyl groups is 1. The molecule has 1 aromatic rings. The number of rotatable bonds is 6. The highest BCUT2D eigenvalue weighted by molar-refractivity contribution is 5.55. The molecule has 0 aromatic heterocycles. The smallest absolute Gasteiger partial charge is 0.387 e. The van der Waals surface area contributed by atoms with Gasteiger partial charge in [-0.05, 0) is 136 Å². The van der Waals surface area contributed by atoms with E-state index in [2.05, 4.69) is 18.3 Å². The molecule has 4 aliphatic rings. The zero-order valence-corrected chi connectivity index (χ0v) is 23.0. The molecule has 4 nitrogen and oxygen atoms in total. The third-order valence-corrected chi connectivity index (χ3v) is 11.2. The van der Waals surface area contributed by atoms with Gasteiger partial charge in [-0.1, -0.05) is 6.92 Å². The zero-order chi connectivity index (χ0) is 27.3. The molecule has 9 atom stereocenters. The SMILES string of the molecule is CCOC[C@@]1(O)CC[C@H]2[C@H](CC[C@@H]3[C@@H]2CC[C@]2(C)C(C(Nc4ccc(C#N)cc4C)C(F)(F)F)CC[C@@H]32)C1. The Kier molecular flexibility index (Phi) is 7.54. The van der Waals surface area contributed by atoms with E-state index < -0.39 is 23.7 Å². The molecule has 1 aromatic carbocycles. The van der Waals surface area contributed by atoms with Crippen LogP contribution in [0.3, 0.4) is 0 Å². The molecule has 4 fully saturated rings. The van der Waals surface area contributed by atoms with Gasteiger partial charge in [-0.3, -0.25) is 0 Å². The first-order chi connectivity index (χ1) is 18.0. The quantitative estimate of drug-likeness (QED) is 0.405. The van der Waals surface area contributed by atoms with Gasteiger partial charge in [-0.2, -0.15) is 18.4 Å². The molecule has 5 rings (SSSR count). The minimum absolute atomic E-state index is 0.324. The fourth-order valence-corrected chi connectivity index (χ4v) is 9.45. The van der Waals surface area contributed by atoms with Crippen molar-refractivity contribution < 1.29 is 23.0 Å². The van der Waals surface area contributed by atoms with Gasteiger partial charge >= 0.3 is 6.18 Å². The molecular formula is C31H43F3N2O2. The van der Waals surface area contributed by atoms with Gasteiger partial charge in [0.05, 0.1) is 23.8 Å². The summed E-state index contributed by atoms with van der Waals surface area (Å²) in [7, 11) is 0. The van der Waals surface area contributed by atoms with E-state index in [4.69, 9.17) is 10.00 Å². The summed E-state index contributed by atoms with van der Waals surface area (Å²) in [6.07, 6.45) is 3.68. The highest BCUT2D eigenvalue weighted by atomic mass is 19.4. The van der Waals surface area contributed by atoms with Crippen LogP contribution in [0.4, 0.5) is 18.9 Å². The molecule has 0 heterocycles. The topological polar surface area (TPSA) is 65.3 Å². The van der Waals surface area contributed by atoms with E-state index in [0.717, 1.165) is 51.4 Å². The second-order valence-electron chi connectivity index (χ2n) is 13.1. The second-order valence-corrected chi connectivity index (χ2v) is 13.1. The lowest BCUT2D eigenvalue weighted by atomic mass is 9.48. The number of nitrogens with one attached hydrogen (secondary N) is 1. The van der Waals surface area contributed by atoms with Gasteiger partial charge in [-0.25, -0.2) is 0 Å². The largest absolute Gasteiger partial charge is 0.408 e. The number of fused-ring (bicyclic) bond motifs is 5. The average molecular weight is 533 g/mol. The Balaban J connectivity index is 1.33. The van der Waals surface area contributed by atoms with Crippen LogP contribution in [0, 0.1) is 59.2 Å². The van der Waals surface area contributed by atoms with Crippen molar-refractivity contribution in [1.29, 1.82) is 5.26 Å². The predicted octanol–water partition coefficient (Wildman–Crippen LogP) is 7.25. The van der Waals surface area contributed by atoms with Crippen molar-refractivity contribution in [1.82, 2.24) is 0 Å². The molecule has 38 heavy (non-hydrogen) atoms. The van der Waals surface area contributed by atoms with E-state index >= 15 is 0 Å². The van der Waals surface area contributed by atoms with Gasteiger partial charge in [0.1, 0.15) is 6.04 Å². The van der Waals surface area contributed by atoms with Gasteiger partial charge in [0.2, 0.25) is 0 Å². The van der Waals surface area contributed by atoms with Crippen LogP contribution in [0.25, 0.3) is 0 Å². The molecule has 210 valence electrons. The maximum absolute atomic E-state index is 14.6. The highest BCUT2D eigenvalue weighted by Crippen LogP contribution is 2.66. The van der Waals surface area contributed by atoms with E-state index in [-0.39, 0.29) is 5.41 Å². The molecule has 4 saturated carbocycles. The van der Waals surface area contributed by atoms with Crippen LogP contribution < -0.4 is 5.32 Å². The van der Waals surface area contributed by atoms with Crippen molar-refractivity contribution in [2.45, 2.75) is 96.4 Å². The highest BCUT2D eigenvalue weighted by Gasteiger charge is 2.62. The molecule has 0 bridgehead atoms. The minimum Gasteiger partial charge on any atom is -0.387 e. The summed E-state index contributed by atoms with van der Waals surface area (Å²) in [4.78, 5) is 0. The van der Waals surface area contributed by atoms with Crippen LogP contribution >= 0.6 is 0 Å². The van der Waals surface area contributed by atoms with Crippen LogP contribution in [0.15, 0.2) is 18.2 Å². The monoisotopic (exact) mass is 532 g/mol. The van der Waals surface area contributed by atoms with Crippen LogP contribution in [0.1, 0.15) is 82.8 Å². The number of hydrogen-bond donors (Lipinski definition) is 2. The summed E-state index contributed by atoms with van der Waals surface area (Å²) < 4.78 is 49.5. The van der Waals surface area contributed by atoms with Crippen LogP contribution in [-0.2, 0) is 4.74 Å². The van der Waals surface area contributed by atoms with E-state index in [1.165, 1.54) is 0 Å². The van der Waals surface area contributed by atoms with E-state index in [0.29, 0.717) is 66.0 Å². The number of nitrogens with zero attached hydrogens (tertiary/aromatic N) is 1. The van der Waals surface area contributed by atoms with Gasteiger partial charge in [-0.15, -0.1) is 0 Å². The molecule has 2 N–H and O–H groups in total. The number of alkyl halides is 3. The van der Waals surface area contributed by atoms with Crippen molar-refractivity contribution in [3.63, 3.8) is 0 Å². The molecule has 0 radical (unpaired) electrons. The number of aryl methyl sites for hydroxylation is 1. The zero-order valence-electron chi connectivity index (χ0n) is 23.0. The average Bonchev–Trinajstić information content (AvgIpc) is 3.22. The lowest BCUT2D eigenvalue weighted by molar-refractivity contribution is -0.170. The second kappa shape index (κ2) is 10.3. The fraction of sp³-hybridized carbons (Fsp3) is 0.774. The summed E-state index contributed by atoms with van der Waals surface area (Å²) in [6, 6.07) is 5.33. The van der Waals surface area contributed by atoms with Crippen molar-refractivity contribution in [2.24, 2.45) is 40.9 Å². The molecule has 0 aliphatic heterocycles. The molecule has 4 aliphatic carbocycles. The van der Waals surface area contributed by atoms with E-state index in [1.807, 2.05) is 6.92 Å². The molecule has 0 saturated heterocycles. The lowest BCUT2D eigenvalue weighted by Crippen LogP contribution is -2.54. The Morgan fingerprint density at radius 1 is 1.11 bits per heavy atom. The van der Waals surface area contributed by atoms with Crippen LogP contribution in [-0.4, -0.2) is 36.1 Å². The summed E-state index contributed by atoms with van der Waals surface area (Å²) >= 11 is 0. The Morgan fingerprint density at radius 3 is 2.55 bits per heavy atom. The third kappa shape index (κ3) is 4.96. The first-order valence-electron chi connectivity index (χ1n) is 14.6. The lowest BCUT2D eigenvalue weighted by Gasteiger charge is -2.57. The minimum atomic E-state index is -4.36. The van der Waals surface area contributed by atoms with Gasteiger partial charge in [0.15, 0.2) is 0 Å². The van der Waals surface area contributed by atoms with Crippen molar-refractivity contribution in [2.75, 3.05) is 18.5 Å². The summed E-state index contributed by atoms with van der Waals surface area (Å²) in [5, 5.41) is 23.2. The van der Waals surface area contributed by atoms with Crippen molar-refractivity contribution >= 4 is 5.69 Å². The summed E-state index contributed by atoms with van der Waals surface area (Å²) in [5.41, 5.74) is 0.528. The Morgan fingerprint density at radius 2 is 1.87 bits per heavy atom. The van der Waals surface area contributed by atoms with Crippen molar-refractivity contribution in [3.8, 4) is 6.07 Å². The predicted molar refractivity (Wildman–Crippen MR) is 141 cm³/mol. The summed E-state index contributed by atoms with van der Waals surface area (Å²) in [6.45, 7) is 6.89. The molecule has 0 amide bonds. The molecule has 0 spiro atoms. The molecule has 7 heteroatoms. The van der Waals surface area contributed by atoms with Gasteiger partial charge in [0, 0.05) is 12.3 Å². The first kappa shape index (κ1) is 27.8. The molecule has 2 unspecified atom stereocenters. The number of nitriles is 1. The maximum Gasteiger partial charge on any atom is 0.408 e. The standard InChI is InChI=1S/C31H43F3N2O2/c1-4-38-18-30(37)14-12-22-21(16-30)6-7-24-23(22)11-13-29(3)25(24)8-9-26(29)28(31(32,33)34)36-27-10-5-20(17-35)15-19(27)2/h5,10,15,21-26,28,36-37H,4,6-9,11-14,16,18H2,1-3H3/t21-,22+,23-,24-,25+,26?,28?,29+,30-/m1/s1. The van der Waals surface area contributed by atoms with Crippen LogP contribution in [0.5, 0.6) is 0 Å². The van der Waals surface area contributed by atoms with Crippen molar-refractivity contribution in [3.05, 3.63) is 29.3 Å². The number of ether oxygens (including phenoxy) is 1. The number of anilines is 1. The number of halogens is 3. The Labute approximate surface area is 225 Å². The molecular weight excluding hydrogens is 489 g/mol. The summed E-state index contributed by atoms with van der Waals surface area (Å²) in [5.74, 6) is 2.00. The third-order valence-electron chi connectivity index (χ3n) is 11.2. The van der Waals surface area contributed by atoms with E-state index in [9.17, 15) is 18.3 Å². The van der Waals surface area contributed by atoms with Gasteiger partial charge in [0.25, 0.3) is 0 Å². The number of hydrogen-bond acceptors (Lipinski definition) is 4. The van der Waals surface area contributed by atoms with Gasteiger partial charge < -0.3 is 15.2 Å². The normalized spacial score (nSPS) is 39.4. The Bertz CT molecular complexity index is 1050. The fourth-order valence-electron chi connectivity index (χ4n) is 9.45. The van der Waals surface area contributed by atoms with Crippen LogP contribution in [0.2, 0.25) is 0 Å². The maximum atomic E-state index is 14.6. The van der Waals surface area contributed by atoms with E-state index in [1.54, 1.807) is 25.1 Å². The first-order valence-corrected chi connectivity index (χ1v) is 14.6. The Hall–Kier alpha value is -1.78. The number of benzene rings is 1.